The maximum absolute atomic E-state index is 13.1. The zero-order valence-electron chi connectivity index (χ0n) is 13.8. The second-order valence-corrected chi connectivity index (χ2v) is 6.30. The van der Waals surface area contributed by atoms with Gasteiger partial charge in [-0.3, -0.25) is 14.6 Å². The summed E-state index contributed by atoms with van der Waals surface area (Å²) in [5.74, 6) is -0.311. The van der Waals surface area contributed by atoms with Crippen molar-refractivity contribution in [3.63, 3.8) is 0 Å². The van der Waals surface area contributed by atoms with Gasteiger partial charge in [0.2, 0.25) is 5.78 Å². The molecule has 0 saturated heterocycles. The number of hydrogen-bond acceptors (Lipinski definition) is 4. The van der Waals surface area contributed by atoms with Crippen molar-refractivity contribution < 1.29 is 9.59 Å². The number of rotatable bonds is 1. The van der Waals surface area contributed by atoms with E-state index >= 15 is 0 Å². The molecule has 0 fully saturated rings. The number of pyridine rings is 1. The number of hydrogen-bond donors (Lipinski definition) is 0. The third kappa shape index (κ3) is 1.89. The van der Waals surface area contributed by atoms with Crippen LogP contribution in [0.5, 0.6) is 0 Å². The maximum atomic E-state index is 13.1. The van der Waals surface area contributed by atoms with Gasteiger partial charge in [-0.05, 0) is 53.6 Å². The standard InChI is InChI=1S/C20H16N2O2/c1-11-9-16-17(15-10-12(22(2)3)6-7-13(11)15)19(23)14-5-4-8-21-18(14)20(16)24/h4-10H,1-3H3. The first-order chi connectivity index (χ1) is 11.5. The fraction of sp³-hybridized carbons (Fsp3) is 0.150. The summed E-state index contributed by atoms with van der Waals surface area (Å²) in [6.45, 7) is 1.96. The first kappa shape index (κ1) is 14.6. The molecule has 0 N–H and O–H groups in total. The smallest absolute Gasteiger partial charge is 0.212 e. The summed E-state index contributed by atoms with van der Waals surface area (Å²) in [5.41, 5.74) is 3.55. The van der Waals surface area contributed by atoms with Crippen LogP contribution in [0.4, 0.5) is 5.69 Å². The van der Waals surface area contributed by atoms with Gasteiger partial charge in [0.1, 0.15) is 5.69 Å². The van der Waals surface area contributed by atoms with Crippen LogP contribution in [0, 0.1) is 6.92 Å². The number of aromatic nitrogens is 1. The van der Waals surface area contributed by atoms with Gasteiger partial charge in [0.15, 0.2) is 5.78 Å². The van der Waals surface area contributed by atoms with E-state index in [4.69, 9.17) is 0 Å². The average Bonchev–Trinajstić information content (AvgIpc) is 2.59. The molecule has 0 bridgehead atoms. The number of carbonyl (C=O) groups is 2. The molecule has 1 heterocycles. The number of benzene rings is 2. The highest BCUT2D eigenvalue weighted by Gasteiger charge is 2.32. The summed E-state index contributed by atoms with van der Waals surface area (Å²) in [6.07, 6.45) is 1.55. The van der Waals surface area contributed by atoms with E-state index in [2.05, 4.69) is 4.98 Å². The van der Waals surface area contributed by atoms with Crippen LogP contribution in [-0.4, -0.2) is 30.6 Å². The summed E-state index contributed by atoms with van der Waals surface area (Å²) in [4.78, 5) is 32.0. The SMILES string of the molecule is Cc1cc2c(c3cc(N(C)C)ccc13)C(=O)c1cccnc1C2=O. The molecule has 3 aromatic rings. The second kappa shape index (κ2) is 4.99. The molecule has 0 saturated carbocycles. The first-order valence-corrected chi connectivity index (χ1v) is 7.78. The third-order valence-electron chi connectivity index (χ3n) is 4.58. The predicted molar refractivity (Wildman–Crippen MR) is 94.1 cm³/mol. The van der Waals surface area contributed by atoms with E-state index in [0.717, 1.165) is 22.0 Å². The van der Waals surface area contributed by atoms with Gasteiger partial charge in [-0.1, -0.05) is 6.07 Å². The van der Waals surface area contributed by atoms with E-state index < -0.39 is 0 Å². The van der Waals surface area contributed by atoms with Crippen molar-refractivity contribution in [2.24, 2.45) is 0 Å². The minimum Gasteiger partial charge on any atom is -0.378 e. The summed E-state index contributed by atoms with van der Waals surface area (Å²) in [6, 6.07) is 11.2. The van der Waals surface area contributed by atoms with Gasteiger partial charge in [-0.2, -0.15) is 0 Å². The van der Waals surface area contributed by atoms with E-state index in [1.165, 1.54) is 0 Å². The Morgan fingerprint density at radius 2 is 1.71 bits per heavy atom. The summed E-state index contributed by atoms with van der Waals surface area (Å²) in [5, 5.41) is 1.82. The molecule has 4 nitrogen and oxygen atoms in total. The molecule has 0 spiro atoms. The Morgan fingerprint density at radius 3 is 2.46 bits per heavy atom. The lowest BCUT2D eigenvalue weighted by Crippen LogP contribution is -2.23. The molecule has 2 aromatic carbocycles. The van der Waals surface area contributed by atoms with Gasteiger partial charge in [0.05, 0.1) is 5.56 Å². The van der Waals surface area contributed by atoms with Gasteiger partial charge in [0, 0.05) is 37.1 Å². The van der Waals surface area contributed by atoms with Crippen molar-refractivity contribution >= 4 is 28.0 Å². The zero-order chi connectivity index (χ0) is 17.0. The predicted octanol–water partition coefficient (Wildman–Crippen LogP) is 3.38. The molecule has 0 aliphatic heterocycles. The quantitative estimate of drug-likeness (QED) is 0.540. The molecule has 4 heteroatoms. The topological polar surface area (TPSA) is 50.3 Å². The second-order valence-electron chi connectivity index (χ2n) is 6.30. The molecule has 1 aliphatic carbocycles. The van der Waals surface area contributed by atoms with Crippen molar-refractivity contribution in [3.05, 3.63) is 70.5 Å². The lowest BCUT2D eigenvalue weighted by atomic mass is 9.82. The van der Waals surface area contributed by atoms with Gasteiger partial charge in [-0.15, -0.1) is 0 Å². The van der Waals surface area contributed by atoms with Gasteiger partial charge < -0.3 is 4.90 Å². The fourth-order valence-electron chi connectivity index (χ4n) is 3.33. The Morgan fingerprint density at radius 1 is 0.917 bits per heavy atom. The molecule has 1 aromatic heterocycles. The van der Waals surface area contributed by atoms with Crippen molar-refractivity contribution in [1.82, 2.24) is 4.98 Å². The highest BCUT2D eigenvalue weighted by molar-refractivity contribution is 6.31. The Hall–Kier alpha value is -3.01. The van der Waals surface area contributed by atoms with E-state index in [-0.39, 0.29) is 17.3 Å². The highest BCUT2D eigenvalue weighted by atomic mass is 16.1. The monoisotopic (exact) mass is 316 g/mol. The number of carbonyl (C=O) groups excluding carboxylic acids is 2. The lowest BCUT2D eigenvalue weighted by Gasteiger charge is -2.21. The maximum Gasteiger partial charge on any atom is 0.212 e. The number of anilines is 1. The van der Waals surface area contributed by atoms with Crippen LogP contribution in [0.15, 0.2) is 42.6 Å². The van der Waals surface area contributed by atoms with Crippen LogP contribution in [-0.2, 0) is 0 Å². The van der Waals surface area contributed by atoms with Crippen molar-refractivity contribution in [2.75, 3.05) is 19.0 Å². The first-order valence-electron chi connectivity index (χ1n) is 7.78. The average molecular weight is 316 g/mol. The number of aryl methyl sites for hydroxylation is 1. The Balaban J connectivity index is 2.12. The van der Waals surface area contributed by atoms with Crippen LogP contribution in [0.25, 0.3) is 10.8 Å². The van der Waals surface area contributed by atoms with Gasteiger partial charge in [0.25, 0.3) is 0 Å². The summed E-state index contributed by atoms with van der Waals surface area (Å²) in [7, 11) is 3.91. The van der Waals surface area contributed by atoms with Crippen molar-refractivity contribution in [1.29, 1.82) is 0 Å². The molecule has 0 atom stereocenters. The van der Waals surface area contributed by atoms with Crippen LogP contribution in [0.1, 0.15) is 37.5 Å². The molecule has 4 rings (SSSR count). The Bertz CT molecular complexity index is 1040. The van der Waals surface area contributed by atoms with E-state index in [1.807, 2.05) is 50.2 Å². The van der Waals surface area contributed by atoms with Crippen LogP contribution < -0.4 is 4.90 Å². The Kier molecular flexibility index (Phi) is 3.03. The zero-order valence-corrected chi connectivity index (χ0v) is 13.8. The molecule has 1 aliphatic rings. The van der Waals surface area contributed by atoms with E-state index in [9.17, 15) is 9.59 Å². The van der Waals surface area contributed by atoms with Crippen LogP contribution in [0.3, 0.4) is 0 Å². The minimum absolute atomic E-state index is 0.131. The third-order valence-corrected chi connectivity index (χ3v) is 4.58. The van der Waals surface area contributed by atoms with Crippen molar-refractivity contribution in [3.8, 4) is 0 Å². The fourth-order valence-corrected chi connectivity index (χ4v) is 3.33. The Labute approximate surface area is 139 Å². The molecular formula is C20H16N2O2. The lowest BCUT2D eigenvalue weighted by molar-refractivity contribution is 0.0976. The molecular weight excluding hydrogens is 300 g/mol. The molecule has 0 amide bonds. The molecule has 0 unspecified atom stereocenters. The van der Waals surface area contributed by atoms with Gasteiger partial charge >= 0.3 is 0 Å². The summed E-state index contributed by atoms with van der Waals surface area (Å²) < 4.78 is 0. The van der Waals surface area contributed by atoms with Crippen LogP contribution in [0.2, 0.25) is 0 Å². The number of ketones is 2. The van der Waals surface area contributed by atoms with Crippen molar-refractivity contribution in [2.45, 2.75) is 6.92 Å². The molecule has 118 valence electrons. The van der Waals surface area contributed by atoms with Gasteiger partial charge in [-0.25, -0.2) is 0 Å². The molecule has 24 heavy (non-hydrogen) atoms. The minimum atomic E-state index is -0.180. The number of nitrogens with zero attached hydrogens (tertiary/aromatic N) is 2. The van der Waals surface area contributed by atoms with E-state index in [1.54, 1.807) is 18.3 Å². The number of fused-ring (bicyclic) bond motifs is 4. The largest absolute Gasteiger partial charge is 0.378 e. The van der Waals surface area contributed by atoms with Crippen LogP contribution >= 0.6 is 0 Å². The van der Waals surface area contributed by atoms with E-state index in [0.29, 0.717) is 16.7 Å². The normalized spacial score (nSPS) is 13.0. The molecule has 0 radical (unpaired) electrons. The summed E-state index contributed by atoms with van der Waals surface area (Å²) >= 11 is 0. The highest BCUT2D eigenvalue weighted by Crippen LogP contribution is 2.35.